The van der Waals surface area contributed by atoms with Crippen LogP contribution in [0.15, 0.2) is 54.7 Å². The van der Waals surface area contributed by atoms with Gasteiger partial charge < -0.3 is 9.47 Å². The van der Waals surface area contributed by atoms with Crippen LogP contribution in [0.5, 0.6) is 5.75 Å². The molecule has 0 fully saturated rings. The van der Waals surface area contributed by atoms with Crippen LogP contribution in [0.1, 0.15) is 16.1 Å². The summed E-state index contributed by atoms with van der Waals surface area (Å²) in [5.74, 6) is 0.000246. The maximum Gasteiger partial charge on any atom is 0.356 e. The van der Waals surface area contributed by atoms with Gasteiger partial charge in [0.15, 0.2) is 0 Å². The normalized spacial score (nSPS) is 10.4. The molecule has 0 aliphatic carbocycles. The largest absolute Gasteiger partial charge is 0.488 e. The third-order valence-electron chi connectivity index (χ3n) is 3.67. The van der Waals surface area contributed by atoms with Crippen LogP contribution in [0.25, 0.3) is 10.8 Å². The molecule has 7 nitrogen and oxygen atoms in total. The Morgan fingerprint density at radius 1 is 1.16 bits per heavy atom. The lowest BCUT2D eigenvalue weighted by molar-refractivity contribution is -0.383. The number of hydrogen-bond donors (Lipinski definition) is 0. The molecule has 0 amide bonds. The fourth-order valence-corrected chi connectivity index (χ4v) is 2.48. The number of carbonyl (C=O) groups is 1. The number of methoxy groups -OCH3 is 1. The first-order chi connectivity index (χ1) is 12.1. The van der Waals surface area contributed by atoms with Crippen LogP contribution in [0.4, 0.5) is 5.69 Å². The first kappa shape index (κ1) is 16.4. The number of nitrogens with zero attached hydrogens (tertiary/aromatic N) is 2. The maximum absolute atomic E-state index is 11.5. The van der Waals surface area contributed by atoms with Crippen LogP contribution in [-0.4, -0.2) is 23.0 Å². The van der Waals surface area contributed by atoms with Crippen LogP contribution in [0, 0.1) is 10.1 Å². The van der Waals surface area contributed by atoms with E-state index in [-0.39, 0.29) is 18.0 Å². The Morgan fingerprint density at radius 3 is 2.64 bits per heavy atom. The van der Waals surface area contributed by atoms with Crippen molar-refractivity contribution < 1.29 is 19.2 Å². The SMILES string of the molecule is COC(=O)c1cc(COc2ccc([N+](=O)[O-])c3ccccc23)ccn1. The number of carbonyl (C=O) groups excluding carboxylic acids is 1. The summed E-state index contributed by atoms with van der Waals surface area (Å²) in [5, 5.41) is 12.3. The summed E-state index contributed by atoms with van der Waals surface area (Å²) in [6.07, 6.45) is 1.50. The van der Waals surface area contributed by atoms with Crippen LogP contribution in [0.2, 0.25) is 0 Å². The number of aromatic nitrogens is 1. The Kier molecular flexibility index (Phi) is 4.56. The highest BCUT2D eigenvalue weighted by atomic mass is 16.6. The molecule has 0 radical (unpaired) electrons. The number of benzene rings is 2. The quantitative estimate of drug-likeness (QED) is 0.401. The van der Waals surface area contributed by atoms with E-state index in [4.69, 9.17) is 4.74 Å². The van der Waals surface area contributed by atoms with Gasteiger partial charge in [-0.15, -0.1) is 0 Å². The zero-order chi connectivity index (χ0) is 17.8. The molecule has 0 bridgehead atoms. The molecule has 0 spiro atoms. The van der Waals surface area contributed by atoms with Gasteiger partial charge >= 0.3 is 5.97 Å². The maximum atomic E-state index is 11.5. The number of fused-ring (bicyclic) bond motifs is 1. The van der Waals surface area contributed by atoms with E-state index in [2.05, 4.69) is 9.72 Å². The van der Waals surface area contributed by atoms with Gasteiger partial charge in [-0.1, -0.05) is 18.2 Å². The molecule has 7 heteroatoms. The number of nitro benzene ring substituents is 1. The topological polar surface area (TPSA) is 91.6 Å². The molecule has 0 saturated heterocycles. The number of ether oxygens (including phenoxy) is 2. The van der Waals surface area contributed by atoms with E-state index in [1.807, 2.05) is 0 Å². The number of non-ortho nitro benzene ring substituents is 1. The second-order valence-corrected chi connectivity index (χ2v) is 5.22. The van der Waals surface area contributed by atoms with E-state index in [9.17, 15) is 14.9 Å². The smallest absolute Gasteiger partial charge is 0.356 e. The van der Waals surface area contributed by atoms with Crippen LogP contribution in [-0.2, 0) is 11.3 Å². The average molecular weight is 338 g/mol. The summed E-state index contributed by atoms with van der Waals surface area (Å²) in [4.78, 5) is 26.2. The van der Waals surface area contributed by atoms with Gasteiger partial charge in [-0.05, 0) is 29.8 Å². The molecule has 0 aliphatic heterocycles. The number of hydrogen-bond acceptors (Lipinski definition) is 6. The second-order valence-electron chi connectivity index (χ2n) is 5.22. The Morgan fingerprint density at radius 2 is 1.92 bits per heavy atom. The predicted octanol–water partition coefficient (Wildman–Crippen LogP) is 3.51. The zero-order valence-corrected chi connectivity index (χ0v) is 13.3. The summed E-state index contributed by atoms with van der Waals surface area (Å²) >= 11 is 0. The van der Waals surface area contributed by atoms with Gasteiger partial charge in [0.2, 0.25) is 0 Å². The van der Waals surface area contributed by atoms with Crippen molar-refractivity contribution in [1.29, 1.82) is 0 Å². The third-order valence-corrected chi connectivity index (χ3v) is 3.67. The van der Waals surface area contributed by atoms with Crippen LogP contribution in [0.3, 0.4) is 0 Å². The Balaban J connectivity index is 1.88. The van der Waals surface area contributed by atoms with E-state index >= 15 is 0 Å². The molecule has 0 N–H and O–H groups in total. The summed E-state index contributed by atoms with van der Waals surface area (Å²) in [7, 11) is 1.29. The average Bonchev–Trinajstić information content (AvgIpc) is 2.65. The van der Waals surface area contributed by atoms with Crippen molar-refractivity contribution in [2.45, 2.75) is 6.61 Å². The Bertz CT molecular complexity index is 955. The first-order valence-corrected chi connectivity index (χ1v) is 7.42. The number of esters is 1. The minimum absolute atomic E-state index is 0.0276. The minimum atomic E-state index is -0.525. The molecule has 126 valence electrons. The van der Waals surface area contributed by atoms with E-state index in [1.54, 1.807) is 42.5 Å². The van der Waals surface area contributed by atoms with Gasteiger partial charge in [0, 0.05) is 17.6 Å². The third kappa shape index (κ3) is 3.40. The molecule has 0 unspecified atom stereocenters. The highest BCUT2D eigenvalue weighted by molar-refractivity contribution is 5.95. The Hall–Kier alpha value is -3.48. The van der Waals surface area contributed by atoms with Crippen molar-refractivity contribution in [3.63, 3.8) is 0 Å². The van der Waals surface area contributed by atoms with Crippen molar-refractivity contribution in [2.24, 2.45) is 0 Å². The van der Waals surface area contributed by atoms with E-state index < -0.39 is 10.9 Å². The minimum Gasteiger partial charge on any atom is -0.488 e. The summed E-state index contributed by atoms with van der Waals surface area (Å²) in [6.45, 7) is 0.189. The standard InChI is InChI=1S/C18H14N2O5/c1-24-18(21)15-10-12(8-9-19-15)11-25-17-7-6-16(20(22)23)13-4-2-3-5-14(13)17/h2-10H,11H2,1H3. The lowest BCUT2D eigenvalue weighted by atomic mass is 10.1. The fourth-order valence-electron chi connectivity index (χ4n) is 2.48. The molecule has 0 atom stereocenters. The van der Waals surface area contributed by atoms with Gasteiger partial charge in [0.05, 0.1) is 17.4 Å². The Labute approximate surface area is 143 Å². The van der Waals surface area contributed by atoms with Crippen LogP contribution >= 0.6 is 0 Å². The van der Waals surface area contributed by atoms with E-state index in [0.717, 1.165) is 5.56 Å². The second kappa shape index (κ2) is 6.96. The molecule has 1 aromatic heterocycles. The predicted molar refractivity (Wildman–Crippen MR) is 90.5 cm³/mol. The summed E-state index contributed by atoms with van der Waals surface area (Å²) in [5.41, 5.74) is 0.954. The van der Waals surface area contributed by atoms with Crippen LogP contribution < -0.4 is 4.74 Å². The van der Waals surface area contributed by atoms with Crippen molar-refractivity contribution in [3.05, 3.63) is 76.1 Å². The molecule has 0 aliphatic rings. The summed E-state index contributed by atoms with van der Waals surface area (Å²) < 4.78 is 10.4. The lowest BCUT2D eigenvalue weighted by Gasteiger charge is -2.10. The first-order valence-electron chi connectivity index (χ1n) is 7.42. The van der Waals surface area contributed by atoms with Gasteiger partial charge in [0.1, 0.15) is 18.1 Å². The highest BCUT2D eigenvalue weighted by Crippen LogP contribution is 2.33. The lowest BCUT2D eigenvalue weighted by Crippen LogP contribution is -2.06. The molecule has 2 aromatic carbocycles. The summed E-state index contributed by atoms with van der Waals surface area (Å²) in [6, 6.07) is 13.3. The van der Waals surface area contributed by atoms with Gasteiger partial charge in [-0.3, -0.25) is 10.1 Å². The van der Waals surface area contributed by atoms with E-state index in [1.165, 1.54) is 19.4 Å². The molecule has 1 heterocycles. The molecule has 3 rings (SSSR count). The molecular formula is C18H14N2O5. The molecular weight excluding hydrogens is 324 g/mol. The fraction of sp³-hybridized carbons (Fsp3) is 0.111. The zero-order valence-electron chi connectivity index (χ0n) is 13.3. The van der Waals surface area contributed by atoms with Gasteiger partial charge in [0.25, 0.3) is 5.69 Å². The molecule has 25 heavy (non-hydrogen) atoms. The monoisotopic (exact) mass is 338 g/mol. The number of rotatable bonds is 5. The highest BCUT2D eigenvalue weighted by Gasteiger charge is 2.15. The van der Waals surface area contributed by atoms with Crippen molar-refractivity contribution in [1.82, 2.24) is 4.98 Å². The van der Waals surface area contributed by atoms with E-state index in [0.29, 0.717) is 16.5 Å². The molecule has 0 saturated carbocycles. The van der Waals surface area contributed by atoms with Crippen molar-refractivity contribution in [2.75, 3.05) is 7.11 Å². The molecule has 3 aromatic rings. The van der Waals surface area contributed by atoms with Gasteiger partial charge in [-0.2, -0.15) is 0 Å². The van der Waals surface area contributed by atoms with Crippen molar-refractivity contribution in [3.8, 4) is 5.75 Å². The van der Waals surface area contributed by atoms with Crippen molar-refractivity contribution >= 4 is 22.4 Å². The number of nitro groups is 1. The van der Waals surface area contributed by atoms with Gasteiger partial charge in [-0.25, -0.2) is 9.78 Å². The number of pyridine rings is 1.